The predicted octanol–water partition coefficient (Wildman–Crippen LogP) is 5.01. The molecule has 0 aliphatic carbocycles. The van der Waals surface area contributed by atoms with Gasteiger partial charge in [-0.3, -0.25) is 4.79 Å². The van der Waals surface area contributed by atoms with Gasteiger partial charge < -0.3 is 14.5 Å². The Balaban J connectivity index is 1.36. The fourth-order valence-electron chi connectivity index (χ4n) is 3.43. The molecule has 2 heterocycles. The van der Waals surface area contributed by atoms with Gasteiger partial charge in [0.05, 0.1) is 4.91 Å². The van der Waals surface area contributed by atoms with E-state index in [9.17, 15) is 4.79 Å². The van der Waals surface area contributed by atoms with E-state index in [1.54, 1.807) is 6.08 Å². The van der Waals surface area contributed by atoms with Crippen LogP contribution in [0, 0.1) is 6.92 Å². The molecule has 0 atom stereocenters. The molecule has 31 heavy (non-hydrogen) atoms. The van der Waals surface area contributed by atoms with Gasteiger partial charge in [-0.05, 0) is 60.2 Å². The lowest BCUT2D eigenvalue weighted by Crippen LogP contribution is -2.47. The molecule has 0 aromatic heterocycles. The summed E-state index contributed by atoms with van der Waals surface area (Å²) in [5.41, 5.74) is 3.16. The van der Waals surface area contributed by atoms with Crippen LogP contribution in [0.3, 0.4) is 0 Å². The third kappa shape index (κ3) is 5.14. The normalized spacial score (nSPS) is 17.8. The summed E-state index contributed by atoms with van der Waals surface area (Å²) in [6.07, 6.45) is 3.59. The number of anilines is 1. The molecule has 0 unspecified atom stereocenters. The number of thioether (sulfide) groups is 1. The van der Waals surface area contributed by atoms with Crippen molar-refractivity contribution in [3.05, 3.63) is 76.2 Å². The Labute approximate surface area is 192 Å². The van der Waals surface area contributed by atoms with Crippen LogP contribution in [-0.4, -0.2) is 48.8 Å². The molecule has 0 radical (unpaired) electrons. The van der Waals surface area contributed by atoms with Gasteiger partial charge in [-0.25, -0.2) is 0 Å². The lowest BCUT2D eigenvalue weighted by atomic mass is 10.2. The molecule has 5 nitrogen and oxygen atoms in total. The van der Waals surface area contributed by atoms with Crippen molar-refractivity contribution in [1.82, 2.24) is 4.90 Å². The number of nitrogens with zero attached hydrogens (tertiary/aromatic N) is 3. The Kier molecular flexibility index (Phi) is 6.68. The van der Waals surface area contributed by atoms with Gasteiger partial charge in [-0.1, -0.05) is 42.5 Å². The topological polar surface area (TPSA) is 45.1 Å². The van der Waals surface area contributed by atoms with Crippen molar-refractivity contribution in [2.24, 2.45) is 4.99 Å². The Morgan fingerprint density at radius 3 is 2.52 bits per heavy atom. The lowest BCUT2D eigenvalue weighted by molar-refractivity contribution is -0.113. The number of benzene rings is 2. The van der Waals surface area contributed by atoms with E-state index in [0.29, 0.717) is 11.5 Å². The van der Waals surface area contributed by atoms with Gasteiger partial charge in [0.1, 0.15) is 12.4 Å². The Morgan fingerprint density at radius 2 is 1.84 bits per heavy atom. The van der Waals surface area contributed by atoms with Crippen molar-refractivity contribution in [3.8, 4) is 5.75 Å². The number of hydrogen-bond acceptors (Lipinski definition) is 5. The maximum Gasteiger partial charge on any atom is 0.286 e. The zero-order chi connectivity index (χ0) is 21.8. The highest BCUT2D eigenvalue weighted by atomic mass is 35.5. The van der Waals surface area contributed by atoms with Crippen molar-refractivity contribution in [1.29, 1.82) is 0 Å². The molecule has 1 amide bonds. The van der Waals surface area contributed by atoms with Gasteiger partial charge in [-0.15, -0.1) is 0 Å². The van der Waals surface area contributed by atoms with Crippen LogP contribution in [0.1, 0.15) is 11.1 Å². The van der Waals surface area contributed by atoms with Gasteiger partial charge in [0.2, 0.25) is 0 Å². The van der Waals surface area contributed by atoms with E-state index in [1.165, 1.54) is 11.8 Å². The second-order valence-electron chi connectivity index (χ2n) is 7.39. The van der Waals surface area contributed by atoms with E-state index in [1.807, 2.05) is 43.3 Å². The quantitative estimate of drug-likeness (QED) is 0.470. The maximum absolute atomic E-state index is 12.4. The van der Waals surface area contributed by atoms with Gasteiger partial charge in [0.15, 0.2) is 5.17 Å². The Bertz CT molecular complexity index is 1040. The van der Waals surface area contributed by atoms with E-state index in [-0.39, 0.29) is 5.91 Å². The summed E-state index contributed by atoms with van der Waals surface area (Å²) in [4.78, 5) is 21.9. The number of aryl methyl sites for hydroxylation is 1. The predicted molar refractivity (Wildman–Crippen MR) is 130 cm³/mol. The van der Waals surface area contributed by atoms with Crippen LogP contribution in [0.2, 0.25) is 5.02 Å². The van der Waals surface area contributed by atoms with Crippen molar-refractivity contribution in [3.63, 3.8) is 0 Å². The van der Waals surface area contributed by atoms with Crippen LogP contribution in [0.4, 0.5) is 5.69 Å². The summed E-state index contributed by atoms with van der Waals surface area (Å²) in [7, 11) is 0. The summed E-state index contributed by atoms with van der Waals surface area (Å²) < 4.78 is 5.50. The highest BCUT2D eigenvalue weighted by molar-refractivity contribution is 8.18. The monoisotopic (exact) mass is 453 g/mol. The number of aliphatic imine (C=N–C) groups is 1. The summed E-state index contributed by atoms with van der Waals surface area (Å²) in [5.74, 6) is 0.594. The number of halogens is 1. The van der Waals surface area contributed by atoms with E-state index >= 15 is 0 Å². The number of amidine groups is 1. The SMILES string of the molecule is C=CCOc1ccc(/C=C2/SC(N3CCN(c4ccc(C)c(Cl)c4)CC3)=NC2=O)cc1. The highest BCUT2D eigenvalue weighted by Crippen LogP contribution is 2.32. The van der Waals surface area contributed by atoms with Crippen molar-refractivity contribution in [2.45, 2.75) is 6.92 Å². The number of carbonyl (C=O) groups is 1. The van der Waals surface area contributed by atoms with Crippen LogP contribution in [0.25, 0.3) is 6.08 Å². The number of amides is 1. The number of ether oxygens (including phenoxy) is 1. The fourth-order valence-corrected chi connectivity index (χ4v) is 4.57. The molecule has 2 aromatic carbocycles. The third-order valence-corrected chi connectivity index (χ3v) is 6.68. The maximum atomic E-state index is 12.4. The summed E-state index contributed by atoms with van der Waals surface area (Å²) >= 11 is 7.72. The second kappa shape index (κ2) is 9.62. The fraction of sp³-hybridized carbons (Fsp3) is 0.250. The first-order valence-corrected chi connectivity index (χ1v) is 11.4. The molecule has 0 saturated carbocycles. The van der Waals surface area contributed by atoms with Crippen LogP contribution < -0.4 is 9.64 Å². The Hall–Kier alpha value is -2.70. The number of hydrogen-bond donors (Lipinski definition) is 0. The molecular weight excluding hydrogens is 430 g/mol. The molecule has 2 aliphatic rings. The van der Waals surface area contributed by atoms with Gasteiger partial charge in [-0.2, -0.15) is 4.99 Å². The molecule has 4 rings (SSSR count). The first kappa shape index (κ1) is 21.5. The van der Waals surface area contributed by atoms with E-state index in [2.05, 4.69) is 33.5 Å². The lowest BCUT2D eigenvalue weighted by Gasteiger charge is -2.36. The summed E-state index contributed by atoms with van der Waals surface area (Å²) in [6.45, 7) is 9.46. The van der Waals surface area contributed by atoms with Crippen LogP contribution in [0.15, 0.2) is 65.0 Å². The average Bonchev–Trinajstić information content (AvgIpc) is 3.15. The third-order valence-electron chi connectivity index (χ3n) is 5.23. The first-order chi connectivity index (χ1) is 15.0. The molecule has 0 bridgehead atoms. The minimum absolute atomic E-state index is 0.181. The second-order valence-corrected chi connectivity index (χ2v) is 8.80. The van der Waals surface area contributed by atoms with Crippen LogP contribution >= 0.6 is 23.4 Å². The minimum Gasteiger partial charge on any atom is -0.490 e. The molecule has 1 saturated heterocycles. The molecule has 7 heteroatoms. The van der Waals surface area contributed by atoms with Gasteiger partial charge in [0.25, 0.3) is 5.91 Å². The number of rotatable bonds is 5. The molecule has 2 aromatic rings. The molecular formula is C24H24ClN3O2S. The zero-order valence-electron chi connectivity index (χ0n) is 17.4. The van der Waals surface area contributed by atoms with Gasteiger partial charge >= 0.3 is 0 Å². The summed E-state index contributed by atoms with van der Waals surface area (Å²) in [6, 6.07) is 13.8. The van der Waals surface area contributed by atoms with E-state index in [0.717, 1.165) is 58.9 Å². The average molecular weight is 454 g/mol. The largest absolute Gasteiger partial charge is 0.490 e. The van der Waals surface area contributed by atoms with Crippen molar-refractivity contribution in [2.75, 3.05) is 37.7 Å². The number of carbonyl (C=O) groups excluding carboxylic acids is 1. The van der Waals surface area contributed by atoms with Crippen LogP contribution in [-0.2, 0) is 4.79 Å². The van der Waals surface area contributed by atoms with Gasteiger partial charge in [0, 0.05) is 36.9 Å². The molecule has 0 N–H and O–H groups in total. The molecule has 0 spiro atoms. The standard InChI is InChI=1S/C24H24ClN3O2S/c1-3-14-30-20-8-5-18(6-9-20)15-22-23(29)26-24(31-22)28-12-10-27(11-13-28)19-7-4-17(2)21(25)16-19/h3-9,15-16H,1,10-14H2,2H3/b22-15+. The van der Waals surface area contributed by atoms with Crippen molar-refractivity contribution < 1.29 is 9.53 Å². The van der Waals surface area contributed by atoms with Crippen LogP contribution in [0.5, 0.6) is 5.75 Å². The Morgan fingerprint density at radius 1 is 1.13 bits per heavy atom. The van der Waals surface area contributed by atoms with E-state index < -0.39 is 0 Å². The highest BCUT2D eigenvalue weighted by Gasteiger charge is 2.28. The molecule has 160 valence electrons. The minimum atomic E-state index is -0.181. The number of piperazine rings is 1. The first-order valence-electron chi connectivity index (χ1n) is 10.2. The smallest absolute Gasteiger partial charge is 0.286 e. The van der Waals surface area contributed by atoms with Crippen molar-refractivity contribution >= 4 is 46.2 Å². The summed E-state index contributed by atoms with van der Waals surface area (Å²) in [5, 5.41) is 1.57. The zero-order valence-corrected chi connectivity index (χ0v) is 19.0. The molecule has 1 fully saturated rings. The molecule has 2 aliphatic heterocycles. The van der Waals surface area contributed by atoms with E-state index in [4.69, 9.17) is 16.3 Å².